The predicted octanol–water partition coefficient (Wildman–Crippen LogP) is 3.13. The van der Waals surface area contributed by atoms with Crippen molar-refractivity contribution in [2.75, 3.05) is 11.9 Å². The normalized spacial score (nSPS) is 14.4. The minimum atomic E-state index is -3.64. The second-order valence-electron chi connectivity index (χ2n) is 7.44. The number of carbonyl (C=O) groups excluding carboxylic acids is 1. The van der Waals surface area contributed by atoms with Gasteiger partial charge in [0.25, 0.3) is 0 Å². The van der Waals surface area contributed by atoms with Crippen molar-refractivity contribution in [2.45, 2.75) is 44.6 Å². The minimum absolute atomic E-state index is 0.109. The molecule has 1 aliphatic rings. The van der Waals surface area contributed by atoms with E-state index in [4.69, 9.17) is 4.74 Å². The van der Waals surface area contributed by atoms with Crippen molar-refractivity contribution in [2.24, 2.45) is 5.92 Å². The van der Waals surface area contributed by atoms with Gasteiger partial charge in [-0.3, -0.25) is 4.79 Å². The summed E-state index contributed by atoms with van der Waals surface area (Å²) in [5, 5.41) is 2.75. The molecule has 1 heterocycles. The highest BCUT2D eigenvalue weighted by Gasteiger charge is 2.19. The molecule has 1 aliphatic heterocycles. The zero-order valence-corrected chi connectivity index (χ0v) is 17.2. The molecule has 0 fully saturated rings. The van der Waals surface area contributed by atoms with Gasteiger partial charge in [0, 0.05) is 24.1 Å². The molecule has 28 heavy (non-hydrogen) atoms. The molecule has 0 saturated carbocycles. The number of ether oxygens (including phenoxy) is 1. The molecule has 0 spiro atoms. The van der Waals surface area contributed by atoms with Crippen molar-refractivity contribution in [3.63, 3.8) is 0 Å². The fraction of sp³-hybridized carbons (Fsp3) is 0.381. The Balaban J connectivity index is 1.63. The lowest BCUT2D eigenvalue weighted by atomic mass is 10.0. The number of sulfonamides is 1. The summed E-state index contributed by atoms with van der Waals surface area (Å²) < 4.78 is 33.5. The van der Waals surface area contributed by atoms with Gasteiger partial charge in [0.1, 0.15) is 5.75 Å². The molecule has 150 valence electrons. The van der Waals surface area contributed by atoms with E-state index in [2.05, 4.69) is 16.1 Å². The van der Waals surface area contributed by atoms with Crippen molar-refractivity contribution >= 4 is 21.6 Å². The number of anilines is 1. The van der Waals surface area contributed by atoms with Gasteiger partial charge in [-0.2, -0.15) is 0 Å². The maximum absolute atomic E-state index is 12.6. The van der Waals surface area contributed by atoms with E-state index in [1.54, 1.807) is 26.0 Å². The molecule has 0 bridgehead atoms. The van der Waals surface area contributed by atoms with Crippen molar-refractivity contribution in [3.8, 4) is 5.75 Å². The quantitative estimate of drug-likeness (QED) is 0.745. The van der Waals surface area contributed by atoms with Crippen LogP contribution in [0.3, 0.4) is 0 Å². The fourth-order valence-electron chi connectivity index (χ4n) is 3.10. The summed E-state index contributed by atoms with van der Waals surface area (Å²) in [6.07, 6.45) is 1.48. The van der Waals surface area contributed by atoms with Gasteiger partial charge in [0.2, 0.25) is 15.9 Å². The van der Waals surface area contributed by atoms with Crippen LogP contribution in [0.4, 0.5) is 5.69 Å². The molecule has 3 rings (SSSR count). The molecule has 1 unspecified atom stereocenters. The Labute approximate surface area is 166 Å². The maximum Gasteiger partial charge on any atom is 0.240 e. The van der Waals surface area contributed by atoms with Crippen LogP contribution in [0, 0.1) is 5.92 Å². The number of amides is 1. The molecule has 1 atom stereocenters. The van der Waals surface area contributed by atoms with Crippen molar-refractivity contribution < 1.29 is 17.9 Å². The topological polar surface area (TPSA) is 84.5 Å². The zero-order valence-electron chi connectivity index (χ0n) is 16.4. The number of fused-ring (bicyclic) bond motifs is 1. The first-order chi connectivity index (χ1) is 13.2. The van der Waals surface area contributed by atoms with Crippen LogP contribution in [0.2, 0.25) is 0 Å². The lowest BCUT2D eigenvalue weighted by Gasteiger charge is -2.15. The number of nitrogens with one attached hydrogen (secondary N) is 2. The van der Waals surface area contributed by atoms with E-state index in [1.807, 2.05) is 19.1 Å². The smallest absolute Gasteiger partial charge is 0.240 e. The van der Waals surface area contributed by atoms with E-state index in [9.17, 15) is 13.2 Å². The second-order valence-corrected chi connectivity index (χ2v) is 9.15. The number of rotatable bonds is 7. The molecular weight excluding hydrogens is 376 g/mol. The standard InChI is InChI=1S/C21H26N2O4S/c1-14(2)21(24)22-18-5-7-19(8-6-18)28(25,26)23-15(3)12-16-4-9-20-17(13-16)10-11-27-20/h4-9,13-15,23H,10-12H2,1-3H3,(H,22,24). The summed E-state index contributed by atoms with van der Waals surface area (Å²) in [5.74, 6) is 0.667. The zero-order chi connectivity index (χ0) is 20.3. The Morgan fingerprint density at radius 1 is 1.11 bits per heavy atom. The summed E-state index contributed by atoms with van der Waals surface area (Å²) in [6, 6.07) is 11.9. The van der Waals surface area contributed by atoms with Gasteiger partial charge in [0.15, 0.2) is 0 Å². The monoisotopic (exact) mass is 402 g/mol. The highest BCUT2D eigenvalue weighted by Crippen LogP contribution is 2.26. The predicted molar refractivity (Wildman–Crippen MR) is 109 cm³/mol. The van der Waals surface area contributed by atoms with E-state index in [-0.39, 0.29) is 22.8 Å². The molecule has 0 aliphatic carbocycles. The molecule has 7 heteroatoms. The third-order valence-electron chi connectivity index (χ3n) is 4.61. The highest BCUT2D eigenvalue weighted by atomic mass is 32.2. The van der Waals surface area contributed by atoms with Gasteiger partial charge < -0.3 is 10.1 Å². The Bertz CT molecular complexity index is 953. The van der Waals surface area contributed by atoms with E-state index in [0.717, 1.165) is 17.7 Å². The largest absolute Gasteiger partial charge is 0.493 e. The van der Waals surface area contributed by atoms with Crippen LogP contribution in [-0.4, -0.2) is 27.0 Å². The molecular formula is C21H26N2O4S. The first-order valence-corrected chi connectivity index (χ1v) is 10.9. The highest BCUT2D eigenvalue weighted by molar-refractivity contribution is 7.89. The summed E-state index contributed by atoms with van der Waals surface area (Å²) in [7, 11) is -3.64. The molecule has 0 radical (unpaired) electrons. The van der Waals surface area contributed by atoms with E-state index >= 15 is 0 Å². The van der Waals surface area contributed by atoms with Crippen LogP contribution in [0.5, 0.6) is 5.75 Å². The fourth-order valence-corrected chi connectivity index (χ4v) is 4.34. The molecule has 2 aromatic rings. The van der Waals surface area contributed by atoms with Crippen molar-refractivity contribution in [3.05, 3.63) is 53.6 Å². The summed E-state index contributed by atoms with van der Waals surface area (Å²) in [6.45, 7) is 6.15. The van der Waals surface area contributed by atoms with Crippen LogP contribution in [-0.2, 0) is 27.7 Å². The number of benzene rings is 2. The lowest BCUT2D eigenvalue weighted by molar-refractivity contribution is -0.118. The summed E-state index contributed by atoms with van der Waals surface area (Å²) in [5.41, 5.74) is 2.82. The third kappa shape index (κ3) is 4.91. The molecule has 1 amide bonds. The van der Waals surface area contributed by atoms with Crippen LogP contribution in [0.15, 0.2) is 47.4 Å². The Kier molecular flexibility index (Phi) is 6.05. The first-order valence-electron chi connectivity index (χ1n) is 9.42. The molecule has 2 N–H and O–H groups in total. The van der Waals surface area contributed by atoms with Crippen LogP contribution >= 0.6 is 0 Å². The number of hydrogen-bond donors (Lipinski definition) is 2. The number of carbonyl (C=O) groups is 1. The van der Waals surface area contributed by atoms with Gasteiger partial charge in [-0.25, -0.2) is 13.1 Å². The van der Waals surface area contributed by atoms with Crippen LogP contribution in [0.1, 0.15) is 31.9 Å². The molecule has 0 aromatic heterocycles. The molecule has 6 nitrogen and oxygen atoms in total. The van der Waals surface area contributed by atoms with Gasteiger partial charge in [-0.1, -0.05) is 26.0 Å². The number of hydrogen-bond acceptors (Lipinski definition) is 4. The molecule has 0 saturated heterocycles. The Hall–Kier alpha value is -2.38. The van der Waals surface area contributed by atoms with Gasteiger partial charge in [-0.05, 0) is 54.8 Å². The van der Waals surface area contributed by atoms with Crippen molar-refractivity contribution in [1.29, 1.82) is 0 Å². The summed E-state index contributed by atoms with van der Waals surface area (Å²) >= 11 is 0. The van der Waals surface area contributed by atoms with Gasteiger partial charge in [-0.15, -0.1) is 0 Å². The van der Waals surface area contributed by atoms with Crippen molar-refractivity contribution in [1.82, 2.24) is 4.72 Å². The average molecular weight is 403 g/mol. The van der Waals surface area contributed by atoms with Crippen LogP contribution in [0.25, 0.3) is 0 Å². The van der Waals surface area contributed by atoms with E-state index in [0.29, 0.717) is 18.7 Å². The second kappa shape index (κ2) is 8.32. The Morgan fingerprint density at radius 3 is 2.50 bits per heavy atom. The van der Waals surface area contributed by atoms with Gasteiger partial charge in [0.05, 0.1) is 11.5 Å². The third-order valence-corrected chi connectivity index (χ3v) is 6.21. The average Bonchev–Trinajstić information content (AvgIpc) is 3.09. The van der Waals surface area contributed by atoms with E-state index in [1.165, 1.54) is 17.7 Å². The molecule has 2 aromatic carbocycles. The lowest BCUT2D eigenvalue weighted by Crippen LogP contribution is -2.34. The SMILES string of the molecule is CC(Cc1ccc2c(c1)CCO2)NS(=O)(=O)c1ccc(NC(=O)C(C)C)cc1. The summed E-state index contributed by atoms with van der Waals surface area (Å²) in [4.78, 5) is 11.9. The van der Waals surface area contributed by atoms with E-state index < -0.39 is 10.0 Å². The Morgan fingerprint density at radius 2 is 1.82 bits per heavy atom. The maximum atomic E-state index is 12.6. The first kappa shape index (κ1) is 20.4. The van der Waals surface area contributed by atoms with Gasteiger partial charge >= 0.3 is 0 Å². The minimum Gasteiger partial charge on any atom is -0.493 e. The van der Waals surface area contributed by atoms with Crippen LogP contribution < -0.4 is 14.8 Å².